The normalized spacial score (nSPS) is 13.3. The van der Waals surface area contributed by atoms with Gasteiger partial charge in [0.05, 0.1) is 44.5 Å². The maximum atomic E-state index is 14.2. The fourth-order valence-electron chi connectivity index (χ4n) is 8.64. The smallest absolute Gasteiger partial charge is 0.416 e. The molecule has 0 saturated heterocycles. The third kappa shape index (κ3) is 13.4. The van der Waals surface area contributed by atoms with E-state index in [2.05, 4.69) is 6.58 Å². The zero-order chi connectivity index (χ0) is 59.4. The van der Waals surface area contributed by atoms with Crippen molar-refractivity contribution in [2.24, 2.45) is 0 Å². The number of hydrogen-bond acceptors (Lipinski definition) is 1. The van der Waals surface area contributed by atoms with Gasteiger partial charge in [0.25, 0.3) is 0 Å². The topological polar surface area (TPSA) is 41.2 Å². The molecule has 0 radical (unpaired) electrons. The van der Waals surface area contributed by atoms with Gasteiger partial charge < -0.3 is 5.11 Å². The molecule has 0 fully saturated rings. The second-order valence-electron chi connectivity index (χ2n) is 17.4. The number of carboxylic acid groups (broad SMARTS) is 1. The molecule has 0 atom stereocenters. The number of rotatable bonds is 8. The van der Waals surface area contributed by atoms with E-state index < -0.39 is 201 Å². The lowest BCUT2D eigenvalue weighted by Gasteiger charge is -2.46. The predicted octanol–water partition coefficient (Wildman–Crippen LogP) is 14.5. The lowest BCUT2D eigenvalue weighted by molar-refractivity contribution is -0.664. The zero-order valence-corrected chi connectivity index (χ0v) is 38.6. The second kappa shape index (κ2) is 20.8. The van der Waals surface area contributed by atoms with E-state index in [4.69, 9.17) is 0 Å². The minimum atomic E-state index is -6.13. The number of benzene rings is 6. The van der Waals surface area contributed by atoms with Crippen LogP contribution in [0.5, 0.6) is 0 Å². The van der Waals surface area contributed by atoms with Crippen molar-refractivity contribution in [2.45, 2.75) is 56.0 Å². The summed E-state index contributed by atoms with van der Waals surface area (Å²) in [7, 11) is 0. The molecule has 1 heterocycles. The van der Waals surface area contributed by atoms with Crippen molar-refractivity contribution in [3.63, 3.8) is 0 Å². The van der Waals surface area contributed by atoms with Gasteiger partial charge in [0.1, 0.15) is 11.7 Å². The summed E-state index contributed by atoms with van der Waals surface area (Å²) in [6.07, 6.45) is -54.8. The Hall–Kier alpha value is -7.68. The molecule has 1 N–H and O–H groups in total. The Balaban J connectivity index is 0.000000378. The predicted molar refractivity (Wildman–Crippen MR) is 236 cm³/mol. The molecular formula is C51H28BF24NO2. The molecule has 6 aromatic carbocycles. The number of carbonyl (C=O) groups is 1. The van der Waals surface area contributed by atoms with Gasteiger partial charge in [-0.3, -0.25) is 0 Å². The van der Waals surface area contributed by atoms with Crippen molar-refractivity contribution in [2.75, 3.05) is 0 Å². The molecule has 0 aliphatic carbocycles. The number of aromatic nitrogens is 1. The molecule has 7 rings (SSSR count). The molecule has 0 aliphatic rings. The number of para-hydroxylation sites is 1. The molecule has 79 heavy (non-hydrogen) atoms. The van der Waals surface area contributed by atoms with Crippen LogP contribution in [0.15, 0.2) is 146 Å². The fourth-order valence-corrected chi connectivity index (χ4v) is 8.64. The van der Waals surface area contributed by atoms with Crippen LogP contribution in [0, 0.1) is 0 Å². The quantitative estimate of drug-likeness (QED) is 0.0713. The Morgan fingerprint density at radius 2 is 0.646 bits per heavy atom. The van der Waals surface area contributed by atoms with E-state index in [1.807, 2.05) is 71.3 Å². The molecule has 0 aliphatic heterocycles. The monoisotopic (exact) mass is 1150 g/mol. The van der Waals surface area contributed by atoms with Crippen molar-refractivity contribution in [3.8, 4) is 0 Å². The summed E-state index contributed by atoms with van der Waals surface area (Å²) >= 11 is 0. The zero-order valence-electron chi connectivity index (χ0n) is 38.6. The van der Waals surface area contributed by atoms with E-state index in [0.717, 1.165) is 16.5 Å². The molecule has 0 bridgehead atoms. The standard InChI is InChI=1S/C32H12BF24.C19H15NO2/c34-25(35,36)13-1-14(26(37,38)39)6-21(5-13)33(22-7-15(27(40,41)42)2-16(8-22)28(43,44)45,23-9-17(29(46,47)48)3-18(10-23)30(49,50)51)24-11-19(31(52,53)54)4-20(12-24)32(55,56)57;1-14(19(21)22)17-12-11-16-9-5-6-10-18(16)20(17)13-15-7-3-2-4-8-15/h1-12H;2-12H,1,13H2/q-1;/p+1. The molecule has 28 heteroatoms. The third-order valence-electron chi connectivity index (χ3n) is 12.1. The van der Waals surface area contributed by atoms with Crippen molar-refractivity contribution in [1.29, 1.82) is 0 Å². The molecular weight excluding hydrogens is 1130 g/mol. The van der Waals surface area contributed by atoms with Gasteiger partial charge in [-0.2, -0.15) is 132 Å². The first-order chi connectivity index (χ1) is 35.9. The van der Waals surface area contributed by atoms with Gasteiger partial charge in [0.15, 0.2) is 6.54 Å². The molecule has 1 aromatic heterocycles. The largest absolute Gasteiger partial charge is 0.477 e. The summed E-state index contributed by atoms with van der Waals surface area (Å²) in [5.74, 6) is -1.00. The van der Waals surface area contributed by atoms with E-state index >= 15 is 0 Å². The summed E-state index contributed by atoms with van der Waals surface area (Å²) in [5.41, 5.74) is -27.4. The highest BCUT2D eigenvalue weighted by Crippen LogP contribution is 2.41. The van der Waals surface area contributed by atoms with Crippen LogP contribution in [0.3, 0.4) is 0 Å². The maximum absolute atomic E-state index is 14.2. The van der Waals surface area contributed by atoms with Gasteiger partial charge in [-0.05, 0) is 36.4 Å². The second-order valence-corrected chi connectivity index (χ2v) is 17.4. The maximum Gasteiger partial charge on any atom is 0.416 e. The summed E-state index contributed by atoms with van der Waals surface area (Å²) in [6.45, 7) is 4.31. The number of pyridine rings is 1. The molecule has 0 spiro atoms. The molecule has 0 unspecified atom stereocenters. The Morgan fingerprint density at radius 1 is 0.380 bits per heavy atom. The summed E-state index contributed by atoms with van der Waals surface area (Å²) < 4.78 is 343. The number of fused-ring (bicyclic) bond motifs is 1. The Bertz CT molecular complexity index is 2980. The number of halogens is 24. The number of hydrogen-bond donors (Lipinski definition) is 1. The van der Waals surface area contributed by atoms with E-state index in [1.165, 1.54) is 0 Å². The Kier molecular flexibility index (Phi) is 16.0. The van der Waals surface area contributed by atoms with E-state index in [0.29, 0.717) is 12.2 Å². The lowest BCUT2D eigenvalue weighted by atomic mass is 9.12. The lowest BCUT2D eigenvalue weighted by Crippen LogP contribution is -2.75. The highest BCUT2D eigenvalue weighted by atomic mass is 19.4. The molecule has 7 aromatic rings. The highest BCUT2D eigenvalue weighted by Gasteiger charge is 2.47. The van der Waals surface area contributed by atoms with E-state index in [-0.39, 0.29) is 5.57 Å². The molecule has 3 nitrogen and oxygen atoms in total. The summed E-state index contributed by atoms with van der Waals surface area (Å²) in [6, 6.07) is 12.9. The number of carboxylic acids is 1. The van der Waals surface area contributed by atoms with Gasteiger partial charge in [0.2, 0.25) is 11.2 Å². The van der Waals surface area contributed by atoms with Crippen molar-refractivity contribution < 1.29 is 120 Å². The SMILES string of the molecule is C=C(C(=O)O)c1ccc2ccccc2[n+]1Cc1ccccc1.FC(F)(F)c1cc([B-](c2cc(C(F)(F)F)cc(C(F)(F)F)c2)(c2cc(C(F)(F)F)cc(C(F)(F)F)c2)c2cc(C(F)(F)F)cc(C(F)(F)F)c2)cc(C(F)(F)F)c1. The average molecular weight is 1150 g/mol. The van der Waals surface area contributed by atoms with E-state index in [1.54, 1.807) is 0 Å². The Morgan fingerprint density at radius 3 is 0.911 bits per heavy atom. The highest BCUT2D eigenvalue weighted by molar-refractivity contribution is 7.20. The van der Waals surface area contributed by atoms with Gasteiger partial charge in [-0.15, -0.1) is 0 Å². The minimum Gasteiger partial charge on any atom is -0.477 e. The third-order valence-corrected chi connectivity index (χ3v) is 12.1. The van der Waals surface area contributed by atoms with Gasteiger partial charge in [0, 0.05) is 23.1 Å². The molecule has 420 valence electrons. The van der Waals surface area contributed by atoms with Gasteiger partial charge in [-0.1, -0.05) is 97.6 Å². The van der Waals surface area contributed by atoms with Crippen LogP contribution in [0.25, 0.3) is 16.5 Å². The average Bonchev–Trinajstić information content (AvgIpc) is 3.35. The van der Waals surface area contributed by atoms with Crippen molar-refractivity contribution >= 4 is 50.4 Å². The van der Waals surface area contributed by atoms with Crippen LogP contribution in [-0.4, -0.2) is 17.2 Å². The van der Waals surface area contributed by atoms with Crippen molar-refractivity contribution in [3.05, 3.63) is 202 Å². The number of nitrogens with zero attached hydrogens (tertiary/aromatic N) is 1. The Labute approximate surface area is 427 Å². The first-order valence-electron chi connectivity index (χ1n) is 21.7. The summed E-state index contributed by atoms with van der Waals surface area (Å²) in [4.78, 5) is 11.3. The van der Waals surface area contributed by atoms with Crippen molar-refractivity contribution in [1.82, 2.24) is 0 Å². The molecule has 0 amide bonds. The fraction of sp³-hybridized carbons (Fsp3) is 0.176. The number of alkyl halides is 24. The van der Waals surface area contributed by atoms with Gasteiger partial charge in [-0.25, -0.2) is 4.79 Å². The number of aliphatic carboxylic acids is 1. The van der Waals surface area contributed by atoms with Gasteiger partial charge >= 0.3 is 55.4 Å². The van der Waals surface area contributed by atoms with Crippen LogP contribution in [0.4, 0.5) is 105 Å². The van der Waals surface area contributed by atoms with Crippen LogP contribution in [0.2, 0.25) is 0 Å². The van der Waals surface area contributed by atoms with Crippen LogP contribution in [-0.2, 0) is 60.7 Å². The van der Waals surface area contributed by atoms with E-state index in [9.17, 15) is 115 Å². The first kappa shape index (κ1) is 60.6. The summed E-state index contributed by atoms with van der Waals surface area (Å²) in [5, 5.41) is 10.4. The molecule has 0 saturated carbocycles. The van der Waals surface area contributed by atoms with Crippen LogP contribution in [0.1, 0.15) is 55.8 Å². The van der Waals surface area contributed by atoms with Crippen LogP contribution < -0.4 is 26.4 Å². The van der Waals surface area contributed by atoms with Crippen LogP contribution >= 0.6 is 0 Å². The first-order valence-corrected chi connectivity index (χ1v) is 21.7. The minimum absolute atomic E-state index is 0.0988.